The molecule has 2 aromatic carbocycles. The zero-order valence-corrected chi connectivity index (χ0v) is 18.5. The molecule has 7 nitrogen and oxygen atoms in total. The minimum Gasteiger partial charge on any atom is -0.369 e. The summed E-state index contributed by atoms with van der Waals surface area (Å²) in [4.78, 5) is 32.2. The van der Waals surface area contributed by atoms with Gasteiger partial charge in [-0.3, -0.25) is 20.0 Å². The summed E-state index contributed by atoms with van der Waals surface area (Å²) < 4.78 is 15.2. The number of nitrogens with zero attached hydrogens (tertiary/aromatic N) is 4. The lowest BCUT2D eigenvalue weighted by atomic mass is 10.1. The van der Waals surface area contributed by atoms with Crippen molar-refractivity contribution < 1.29 is 14.0 Å². The molecule has 0 spiro atoms. The number of hydrogen-bond donors (Lipinski definition) is 1. The van der Waals surface area contributed by atoms with Gasteiger partial charge in [-0.25, -0.2) is 9.40 Å². The first kappa shape index (κ1) is 21.8. The molecule has 0 bridgehead atoms. The van der Waals surface area contributed by atoms with Crippen LogP contribution in [0.1, 0.15) is 15.9 Å². The molecule has 5 rings (SSSR count). The minimum absolute atomic E-state index is 0.296. The Hall–Kier alpha value is -4.04. The molecule has 0 radical (unpaired) electrons. The summed E-state index contributed by atoms with van der Waals surface area (Å²) in [6.07, 6.45) is 5.22. The maximum absolute atomic E-state index is 13.3. The largest absolute Gasteiger partial charge is 0.369 e. The Morgan fingerprint density at radius 1 is 0.912 bits per heavy atom. The first-order valence-electron chi connectivity index (χ1n) is 11.2. The lowest BCUT2D eigenvalue weighted by molar-refractivity contribution is -0.121. The Morgan fingerprint density at radius 2 is 1.62 bits per heavy atom. The number of hydrazine groups is 1. The van der Waals surface area contributed by atoms with Gasteiger partial charge in [-0.15, -0.1) is 0 Å². The van der Waals surface area contributed by atoms with Crippen molar-refractivity contribution in [1.29, 1.82) is 0 Å². The number of Topliss-reactive ketones (excluding diaryl/α,β-unsaturated/α-hetero) is 1. The highest BCUT2D eigenvalue weighted by atomic mass is 19.1. The predicted octanol–water partition coefficient (Wildman–Crippen LogP) is 3.26. The number of anilines is 1. The van der Waals surface area contributed by atoms with Gasteiger partial charge >= 0.3 is 5.91 Å². The molecule has 172 valence electrons. The van der Waals surface area contributed by atoms with Crippen molar-refractivity contribution in [2.75, 3.05) is 31.1 Å². The molecule has 0 aliphatic carbocycles. The SMILES string of the molecule is O=C(NN1CCN(c2ccncc2)CC1)C(=O)c1cn(Cc2ccc(F)cc2)c2ccccc12. The van der Waals surface area contributed by atoms with E-state index in [1.807, 2.05) is 41.0 Å². The van der Waals surface area contributed by atoms with Gasteiger partial charge in [0.25, 0.3) is 5.78 Å². The number of rotatable bonds is 6. The highest BCUT2D eigenvalue weighted by Crippen LogP contribution is 2.23. The van der Waals surface area contributed by atoms with Gasteiger partial charge in [0.1, 0.15) is 5.82 Å². The van der Waals surface area contributed by atoms with Crippen LogP contribution in [0.25, 0.3) is 10.9 Å². The topological polar surface area (TPSA) is 70.5 Å². The third kappa shape index (κ3) is 4.53. The number of aromatic nitrogens is 2. The van der Waals surface area contributed by atoms with Crippen molar-refractivity contribution in [3.63, 3.8) is 0 Å². The highest BCUT2D eigenvalue weighted by molar-refractivity contribution is 6.44. The van der Waals surface area contributed by atoms with Crippen LogP contribution in [0.3, 0.4) is 0 Å². The Morgan fingerprint density at radius 3 is 2.35 bits per heavy atom. The number of carbonyl (C=O) groups is 2. The predicted molar refractivity (Wildman–Crippen MR) is 128 cm³/mol. The zero-order valence-electron chi connectivity index (χ0n) is 18.5. The van der Waals surface area contributed by atoms with E-state index in [0.717, 1.165) is 29.9 Å². The maximum atomic E-state index is 13.3. The molecular formula is C26H24FN5O2. The quantitative estimate of drug-likeness (QED) is 0.356. The van der Waals surface area contributed by atoms with Gasteiger partial charge in [0.2, 0.25) is 0 Å². The molecule has 4 aromatic rings. The first-order chi connectivity index (χ1) is 16.6. The summed E-state index contributed by atoms with van der Waals surface area (Å²) >= 11 is 0. The van der Waals surface area contributed by atoms with Crippen LogP contribution in [-0.2, 0) is 11.3 Å². The van der Waals surface area contributed by atoms with Crippen molar-refractivity contribution >= 4 is 28.3 Å². The van der Waals surface area contributed by atoms with Crippen LogP contribution in [-0.4, -0.2) is 52.4 Å². The fraction of sp³-hybridized carbons (Fsp3) is 0.192. The van der Waals surface area contributed by atoms with E-state index < -0.39 is 11.7 Å². The van der Waals surface area contributed by atoms with E-state index in [-0.39, 0.29) is 5.82 Å². The second kappa shape index (κ2) is 9.44. The molecule has 1 amide bonds. The van der Waals surface area contributed by atoms with Crippen molar-refractivity contribution in [2.45, 2.75) is 6.54 Å². The van der Waals surface area contributed by atoms with Crippen LogP contribution in [0.5, 0.6) is 0 Å². The average molecular weight is 458 g/mol. The molecule has 1 saturated heterocycles. The number of pyridine rings is 1. The van der Waals surface area contributed by atoms with Gasteiger partial charge in [0, 0.05) is 67.9 Å². The fourth-order valence-electron chi connectivity index (χ4n) is 4.29. The molecule has 8 heteroatoms. The molecule has 1 fully saturated rings. The number of hydrogen-bond acceptors (Lipinski definition) is 5. The number of nitrogens with one attached hydrogen (secondary N) is 1. The highest BCUT2D eigenvalue weighted by Gasteiger charge is 2.25. The smallest absolute Gasteiger partial charge is 0.306 e. The monoisotopic (exact) mass is 457 g/mol. The van der Waals surface area contributed by atoms with E-state index in [0.29, 0.717) is 30.6 Å². The van der Waals surface area contributed by atoms with Crippen molar-refractivity contribution in [3.05, 3.63) is 96.2 Å². The molecule has 1 aliphatic rings. The van der Waals surface area contributed by atoms with Gasteiger partial charge < -0.3 is 9.47 Å². The van der Waals surface area contributed by atoms with E-state index in [4.69, 9.17) is 0 Å². The summed E-state index contributed by atoms with van der Waals surface area (Å²) in [5.74, 6) is -1.53. The van der Waals surface area contributed by atoms with E-state index in [1.165, 1.54) is 12.1 Å². The molecule has 1 aliphatic heterocycles. The number of carbonyl (C=O) groups excluding carboxylic acids is 2. The Bertz CT molecular complexity index is 1310. The molecule has 0 saturated carbocycles. The van der Waals surface area contributed by atoms with E-state index in [2.05, 4.69) is 15.3 Å². The number of ketones is 1. The second-order valence-corrected chi connectivity index (χ2v) is 8.26. The molecule has 3 heterocycles. The van der Waals surface area contributed by atoms with Crippen LogP contribution in [0.4, 0.5) is 10.1 Å². The molecule has 2 aromatic heterocycles. The molecule has 34 heavy (non-hydrogen) atoms. The van der Waals surface area contributed by atoms with E-state index in [1.54, 1.807) is 35.7 Å². The van der Waals surface area contributed by atoms with Crippen LogP contribution in [0.2, 0.25) is 0 Å². The summed E-state index contributed by atoms with van der Waals surface area (Å²) in [6.45, 7) is 3.14. The van der Waals surface area contributed by atoms with Crippen LogP contribution in [0, 0.1) is 5.82 Å². The van der Waals surface area contributed by atoms with Crippen LogP contribution >= 0.6 is 0 Å². The van der Waals surface area contributed by atoms with E-state index in [9.17, 15) is 14.0 Å². The number of fused-ring (bicyclic) bond motifs is 1. The number of benzene rings is 2. The van der Waals surface area contributed by atoms with E-state index >= 15 is 0 Å². The summed E-state index contributed by atoms with van der Waals surface area (Å²) in [5, 5.41) is 2.50. The molecular weight excluding hydrogens is 433 g/mol. The second-order valence-electron chi connectivity index (χ2n) is 8.26. The van der Waals surface area contributed by atoms with Gasteiger partial charge in [-0.05, 0) is 35.9 Å². The normalized spacial score (nSPS) is 14.3. The van der Waals surface area contributed by atoms with Crippen LogP contribution in [0.15, 0.2) is 79.3 Å². The maximum Gasteiger partial charge on any atom is 0.306 e. The number of amides is 1. The lowest BCUT2D eigenvalue weighted by Gasteiger charge is -2.35. The summed E-state index contributed by atoms with van der Waals surface area (Å²) in [5.41, 5.74) is 5.96. The minimum atomic E-state index is -0.651. The standard InChI is InChI=1S/C26H24FN5O2/c27-20-7-5-19(6-8-20)17-31-18-23(22-3-1-2-4-24(22)31)25(33)26(34)29-32-15-13-30(14-16-32)21-9-11-28-12-10-21/h1-12,18H,13-17H2,(H,29,34). The van der Waals surface area contributed by atoms with Gasteiger partial charge in [-0.1, -0.05) is 30.3 Å². The Labute approximate surface area is 196 Å². The zero-order chi connectivity index (χ0) is 23.5. The number of para-hydroxylation sites is 1. The third-order valence-electron chi connectivity index (χ3n) is 6.07. The average Bonchev–Trinajstić information content (AvgIpc) is 3.24. The van der Waals surface area contributed by atoms with Gasteiger partial charge in [0.05, 0.1) is 5.56 Å². The molecule has 0 atom stereocenters. The third-order valence-corrected chi connectivity index (χ3v) is 6.07. The van der Waals surface area contributed by atoms with Crippen molar-refractivity contribution in [2.24, 2.45) is 0 Å². The fourth-order valence-corrected chi connectivity index (χ4v) is 4.29. The van der Waals surface area contributed by atoms with Gasteiger partial charge in [-0.2, -0.15) is 0 Å². The van der Waals surface area contributed by atoms with Crippen LogP contribution < -0.4 is 10.3 Å². The summed E-state index contributed by atoms with van der Waals surface area (Å²) in [7, 11) is 0. The Balaban J connectivity index is 1.28. The Kier molecular flexibility index (Phi) is 6.05. The lowest BCUT2D eigenvalue weighted by Crippen LogP contribution is -2.54. The molecule has 1 N–H and O–H groups in total. The number of halogens is 1. The van der Waals surface area contributed by atoms with Gasteiger partial charge in [0.15, 0.2) is 0 Å². The number of piperazine rings is 1. The molecule has 0 unspecified atom stereocenters. The van der Waals surface area contributed by atoms with Crippen molar-refractivity contribution in [3.8, 4) is 0 Å². The summed E-state index contributed by atoms with van der Waals surface area (Å²) in [6, 6.07) is 17.6. The van der Waals surface area contributed by atoms with Crippen molar-refractivity contribution in [1.82, 2.24) is 20.0 Å². The first-order valence-corrected chi connectivity index (χ1v) is 11.2.